The van der Waals surface area contributed by atoms with Crippen molar-refractivity contribution in [1.82, 2.24) is 15.5 Å². The maximum absolute atomic E-state index is 12.0. The fraction of sp³-hybridized carbons (Fsp3) is 0.933. The second kappa shape index (κ2) is 7.25. The Morgan fingerprint density at radius 2 is 2.00 bits per heavy atom. The molecule has 2 saturated heterocycles. The Morgan fingerprint density at radius 3 is 2.63 bits per heavy atom. The second-order valence-electron chi connectivity index (χ2n) is 6.34. The highest BCUT2D eigenvalue weighted by Crippen LogP contribution is 2.25. The van der Waals surface area contributed by atoms with Crippen LogP contribution in [0.4, 0.5) is 0 Å². The lowest BCUT2D eigenvalue weighted by Crippen LogP contribution is -2.41. The Bertz CT molecular complexity index is 283. The number of rotatable bonds is 7. The third-order valence-electron chi connectivity index (χ3n) is 4.48. The number of nitrogens with zero attached hydrogens (tertiary/aromatic N) is 1. The van der Waals surface area contributed by atoms with Crippen LogP contribution >= 0.6 is 0 Å². The fourth-order valence-corrected chi connectivity index (χ4v) is 3.38. The number of carbonyl (C=O) groups is 1. The van der Waals surface area contributed by atoms with E-state index in [-0.39, 0.29) is 5.91 Å². The van der Waals surface area contributed by atoms with E-state index in [0.29, 0.717) is 12.6 Å². The van der Waals surface area contributed by atoms with Crippen LogP contribution in [0.1, 0.15) is 39.5 Å². The number of likely N-dealkylation sites (tertiary alicyclic amines) is 1. The molecule has 110 valence electrons. The van der Waals surface area contributed by atoms with E-state index in [1.165, 1.54) is 19.3 Å². The van der Waals surface area contributed by atoms with Crippen LogP contribution in [0.15, 0.2) is 0 Å². The van der Waals surface area contributed by atoms with Gasteiger partial charge in [-0.15, -0.1) is 0 Å². The maximum atomic E-state index is 12.0. The Kier molecular flexibility index (Phi) is 5.64. The largest absolute Gasteiger partial charge is 0.353 e. The minimum Gasteiger partial charge on any atom is -0.353 e. The molecule has 0 radical (unpaired) electrons. The molecule has 2 rings (SSSR count). The van der Waals surface area contributed by atoms with Gasteiger partial charge in [0.25, 0.3) is 0 Å². The summed E-state index contributed by atoms with van der Waals surface area (Å²) in [4.78, 5) is 14.3. The Hall–Kier alpha value is -0.610. The minimum absolute atomic E-state index is 0.205. The first-order valence-electron chi connectivity index (χ1n) is 7.91. The number of amides is 1. The van der Waals surface area contributed by atoms with E-state index in [1.54, 1.807) is 0 Å². The number of hydrogen-bond donors (Lipinski definition) is 2. The SMILES string of the molecule is CCCCCC(C)NC(=O)CN1CC2CNCC2C1. The number of carbonyl (C=O) groups excluding carboxylic acids is 1. The summed E-state index contributed by atoms with van der Waals surface area (Å²) in [5.41, 5.74) is 0. The van der Waals surface area contributed by atoms with Gasteiger partial charge in [-0.1, -0.05) is 26.2 Å². The van der Waals surface area contributed by atoms with Crippen molar-refractivity contribution in [2.45, 2.75) is 45.6 Å². The van der Waals surface area contributed by atoms with Crippen molar-refractivity contribution in [3.05, 3.63) is 0 Å². The molecule has 0 bridgehead atoms. The molecule has 1 amide bonds. The van der Waals surface area contributed by atoms with E-state index in [1.807, 2.05) is 0 Å². The molecule has 0 aromatic rings. The Labute approximate surface area is 117 Å². The van der Waals surface area contributed by atoms with E-state index in [4.69, 9.17) is 0 Å². The molecule has 0 spiro atoms. The zero-order valence-electron chi connectivity index (χ0n) is 12.5. The van der Waals surface area contributed by atoms with Crippen LogP contribution in [0, 0.1) is 11.8 Å². The van der Waals surface area contributed by atoms with Gasteiger partial charge in [0, 0.05) is 19.1 Å². The molecule has 3 atom stereocenters. The molecular weight excluding hydrogens is 238 g/mol. The summed E-state index contributed by atoms with van der Waals surface area (Å²) < 4.78 is 0. The molecule has 2 fully saturated rings. The average Bonchev–Trinajstić information content (AvgIpc) is 2.89. The standard InChI is InChI=1S/C15H29N3O/c1-3-4-5-6-12(2)17-15(19)11-18-9-13-7-16-8-14(13)10-18/h12-14,16H,3-11H2,1-2H3,(H,17,19). The molecule has 2 N–H and O–H groups in total. The molecule has 2 aliphatic rings. The first-order valence-corrected chi connectivity index (χ1v) is 7.91. The van der Waals surface area contributed by atoms with Gasteiger partial charge in [-0.2, -0.15) is 0 Å². The lowest BCUT2D eigenvalue weighted by Gasteiger charge is -2.19. The Balaban J connectivity index is 1.62. The normalized spacial score (nSPS) is 28.3. The molecule has 3 unspecified atom stereocenters. The molecule has 0 saturated carbocycles. The van der Waals surface area contributed by atoms with Crippen LogP contribution in [0.3, 0.4) is 0 Å². The van der Waals surface area contributed by atoms with Crippen molar-refractivity contribution in [3.63, 3.8) is 0 Å². The summed E-state index contributed by atoms with van der Waals surface area (Å²) in [5.74, 6) is 1.75. The van der Waals surface area contributed by atoms with E-state index < -0.39 is 0 Å². The zero-order chi connectivity index (χ0) is 13.7. The van der Waals surface area contributed by atoms with Crippen LogP contribution < -0.4 is 10.6 Å². The third kappa shape index (κ3) is 4.46. The van der Waals surface area contributed by atoms with Crippen molar-refractivity contribution in [1.29, 1.82) is 0 Å². The van der Waals surface area contributed by atoms with E-state index in [0.717, 1.165) is 44.4 Å². The van der Waals surface area contributed by atoms with Crippen molar-refractivity contribution in [2.75, 3.05) is 32.7 Å². The summed E-state index contributed by atoms with van der Waals surface area (Å²) in [7, 11) is 0. The van der Waals surface area contributed by atoms with E-state index in [9.17, 15) is 4.79 Å². The van der Waals surface area contributed by atoms with Crippen LogP contribution in [-0.2, 0) is 4.79 Å². The van der Waals surface area contributed by atoms with Gasteiger partial charge in [0.15, 0.2) is 0 Å². The highest BCUT2D eigenvalue weighted by Gasteiger charge is 2.36. The summed E-state index contributed by atoms with van der Waals surface area (Å²) in [6.07, 6.45) is 4.83. The van der Waals surface area contributed by atoms with E-state index >= 15 is 0 Å². The third-order valence-corrected chi connectivity index (χ3v) is 4.48. The van der Waals surface area contributed by atoms with Gasteiger partial charge < -0.3 is 10.6 Å². The Morgan fingerprint density at radius 1 is 1.32 bits per heavy atom. The predicted octanol–water partition coefficient (Wildman–Crippen LogP) is 1.22. The van der Waals surface area contributed by atoms with Gasteiger partial charge in [0.2, 0.25) is 5.91 Å². The molecule has 2 aliphatic heterocycles. The average molecular weight is 267 g/mol. The molecule has 4 nitrogen and oxygen atoms in total. The van der Waals surface area contributed by atoms with Crippen LogP contribution in [0.2, 0.25) is 0 Å². The molecule has 19 heavy (non-hydrogen) atoms. The van der Waals surface area contributed by atoms with Crippen LogP contribution in [0.5, 0.6) is 0 Å². The molecule has 2 heterocycles. The minimum atomic E-state index is 0.205. The zero-order valence-corrected chi connectivity index (χ0v) is 12.5. The summed E-state index contributed by atoms with van der Waals surface area (Å²) >= 11 is 0. The molecule has 4 heteroatoms. The number of unbranched alkanes of at least 4 members (excludes halogenated alkanes) is 2. The maximum Gasteiger partial charge on any atom is 0.234 e. The lowest BCUT2D eigenvalue weighted by atomic mass is 10.0. The number of hydrogen-bond acceptors (Lipinski definition) is 3. The number of nitrogens with one attached hydrogen (secondary N) is 2. The first-order chi connectivity index (χ1) is 9.19. The van der Waals surface area contributed by atoms with Crippen LogP contribution in [-0.4, -0.2) is 49.6 Å². The van der Waals surface area contributed by atoms with Crippen molar-refractivity contribution >= 4 is 5.91 Å². The topological polar surface area (TPSA) is 44.4 Å². The first kappa shape index (κ1) is 14.8. The second-order valence-corrected chi connectivity index (χ2v) is 6.34. The summed E-state index contributed by atoms with van der Waals surface area (Å²) in [5, 5.41) is 6.57. The van der Waals surface area contributed by atoms with E-state index in [2.05, 4.69) is 29.4 Å². The van der Waals surface area contributed by atoms with Gasteiger partial charge in [-0.3, -0.25) is 9.69 Å². The molecule has 0 aromatic heterocycles. The number of fused-ring (bicyclic) bond motifs is 1. The molecule has 0 aliphatic carbocycles. The summed E-state index contributed by atoms with van der Waals surface area (Å²) in [6.45, 7) is 9.38. The van der Waals surface area contributed by atoms with Gasteiger partial charge in [-0.25, -0.2) is 0 Å². The van der Waals surface area contributed by atoms with Gasteiger partial charge >= 0.3 is 0 Å². The van der Waals surface area contributed by atoms with Crippen molar-refractivity contribution < 1.29 is 4.79 Å². The smallest absolute Gasteiger partial charge is 0.234 e. The predicted molar refractivity (Wildman–Crippen MR) is 78.0 cm³/mol. The monoisotopic (exact) mass is 267 g/mol. The fourth-order valence-electron chi connectivity index (χ4n) is 3.38. The van der Waals surface area contributed by atoms with Gasteiger partial charge in [0.05, 0.1) is 6.54 Å². The van der Waals surface area contributed by atoms with Crippen molar-refractivity contribution in [3.8, 4) is 0 Å². The quantitative estimate of drug-likeness (QED) is 0.682. The molecular formula is C15H29N3O. The van der Waals surface area contributed by atoms with Gasteiger partial charge in [-0.05, 0) is 38.3 Å². The highest BCUT2D eigenvalue weighted by molar-refractivity contribution is 5.78. The highest BCUT2D eigenvalue weighted by atomic mass is 16.2. The van der Waals surface area contributed by atoms with Gasteiger partial charge in [0.1, 0.15) is 0 Å². The van der Waals surface area contributed by atoms with Crippen LogP contribution in [0.25, 0.3) is 0 Å². The summed E-state index contributed by atoms with van der Waals surface area (Å²) in [6, 6.07) is 0.322. The van der Waals surface area contributed by atoms with Crippen molar-refractivity contribution in [2.24, 2.45) is 11.8 Å². The lowest BCUT2D eigenvalue weighted by molar-refractivity contribution is -0.122. The molecule has 0 aromatic carbocycles.